The predicted molar refractivity (Wildman–Crippen MR) is 69.5 cm³/mol. The largest absolute Gasteiger partial charge is 2.00 e. The zero-order chi connectivity index (χ0) is 13.4. The van der Waals surface area contributed by atoms with Crippen LogP contribution in [0.2, 0.25) is 0 Å². The van der Waals surface area contributed by atoms with Gasteiger partial charge < -0.3 is 10.6 Å². The molecule has 0 aromatic heterocycles. The minimum Gasteiger partial charge on any atom is -0.386 e. The van der Waals surface area contributed by atoms with Gasteiger partial charge in [-0.1, -0.05) is 0 Å². The molecule has 0 bridgehead atoms. The Balaban J connectivity index is 0. The topological polar surface area (TPSA) is 58.2 Å². The van der Waals surface area contributed by atoms with Gasteiger partial charge in [-0.15, -0.1) is 0 Å². The molecule has 2 N–H and O–H groups in total. The summed E-state index contributed by atoms with van der Waals surface area (Å²) in [7, 11) is 0. The molecule has 0 rings (SSSR count). The summed E-state index contributed by atoms with van der Waals surface area (Å²) in [6.45, 7) is 9.45. The third-order valence-corrected chi connectivity index (χ3v) is 2.00. The van der Waals surface area contributed by atoms with Crippen molar-refractivity contribution in [2.24, 2.45) is 0 Å². The first kappa shape index (κ1) is 19.3. The van der Waals surface area contributed by atoms with E-state index in [2.05, 4.69) is 10.6 Å². The monoisotopic (exact) mass is 296 g/mol. The van der Waals surface area contributed by atoms with Gasteiger partial charge in [-0.2, -0.15) is 0 Å². The van der Waals surface area contributed by atoms with Crippen LogP contribution in [0.15, 0.2) is 23.5 Å². The van der Waals surface area contributed by atoms with Gasteiger partial charge in [0.1, 0.15) is 0 Å². The number of carbonyl (C=O) groups is 2. The van der Waals surface area contributed by atoms with Gasteiger partial charge in [0, 0.05) is 24.0 Å². The Labute approximate surface area is 119 Å². The van der Waals surface area contributed by atoms with E-state index in [4.69, 9.17) is 0 Å². The quantitative estimate of drug-likeness (QED) is 0.553. The van der Waals surface area contributed by atoms with E-state index in [1.165, 1.54) is 13.8 Å². The van der Waals surface area contributed by atoms with Gasteiger partial charge in [0.15, 0.2) is 11.6 Å². The Hall–Kier alpha value is -1.09. The Morgan fingerprint density at radius 2 is 1.44 bits per heavy atom. The van der Waals surface area contributed by atoms with E-state index in [1.54, 1.807) is 12.2 Å². The predicted octanol–water partition coefficient (Wildman–Crippen LogP) is 1.54. The second-order valence-electron chi connectivity index (χ2n) is 4.30. The van der Waals surface area contributed by atoms with Gasteiger partial charge >= 0.3 is 16.5 Å². The molecular weight excluding hydrogens is 275 g/mol. The van der Waals surface area contributed by atoms with Crippen molar-refractivity contribution in [3.63, 3.8) is 0 Å². The molecule has 0 radical (unpaired) electrons. The van der Waals surface area contributed by atoms with Crippen molar-refractivity contribution in [2.75, 3.05) is 6.54 Å². The zero-order valence-corrected chi connectivity index (χ0v) is 12.6. The summed E-state index contributed by atoms with van der Waals surface area (Å²) in [5.74, 6) is 0.0612. The van der Waals surface area contributed by atoms with E-state index < -0.39 is 0 Å². The minimum atomic E-state index is 0. The number of carbonyl (C=O) groups excluding carboxylic acids is 2. The summed E-state index contributed by atoms with van der Waals surface area (Å²) in [5.41, 5.74) is 1.69. The molecule has 0 saturated carbocycles. The Kier molecular flexibility index (Phi) is 10.6. The molecule has 0 amide bonds. The van der Waals surface area contributed by atoms with E-state index in [-0.39, 0.29) is 34.1 Å². The van der Waals surface area contributed by atoms with Gasteiger partial charge in [0.2, 0.25) is 0 Å². The first-order valence-electron chi connectivity index (χ1n) is 5.69. The molecule has 0 aliphatic carbocycles. The molecule has 0 aromatic carbocycles. The number of rotatable bonds is 7. The Bertz CT molecular complexity index is 349. The van der Waals surface area contributed by atoms with Gasteiger partial charge in [0.05, 0.1) is 0 Å². The summed E-state index contributed by atoms with van der Waals surface area (Å²) in [4.78, 5) is 21.7. The number of nitrogens with one attached hydrogen (secondary N) is 2. The van der Waals surface area contributed by atoms with Crippen molar-refractivity contribution < 1.29 is 26.1 Å². The summed E-state index contributed by atoms with van der Waals surface area (Å²) in [5, 5.41) is 6.32. The summed E-state index contributed by atoms with van der Waals surface area (Å²) in [6.07, 6.45) is 3.12. The molecule has 0 aliphatic heterocycles. The van der Waals surface area contributed by atoms with Crippen molar-refractivity contribution in [1.82, 2.24) is 10.6 Å². The molecule has 0 fully saturated rings. The molecule has 18 heavy (non-hydrogen) atoms. The molecule has 0 heterocycles. The molecule has 0 aliphatic rings. The van der Waals surface area contributed by atoms with Crippen LogP contribution < -0.4 is 10.6 Å². The molecule has 5 heteroatoms. The van der Waals surface area contributed by atoms with Crippen LogP contribution in [0.4, 0.5) is 0 Å². The van der Waals surface area contributed by atoms with E-state index in [0.29, 0.717) is 6.54 Å². The number of hydrogen-bond acceptors (Lipinski definition) is 4. The van der Waals surface area contributed by atoms with Gasteiger partial charge in [-0.3, -0.25) is 9.59 Å². The van der Waals surface area contributed by atoms with E-state index in [9.17, 15) is 9.59 Å². The molecule has 0 aromatic rings. The second kappa shape index (κ2) is 9.89. The average molecular weight is 297 g/mol. The van der Waals surface area contributed by atoms with Crippen LogP contribution >= 0.6 is 0 Å². The molecule has 104 valence electrons. The normalized spacial score (nSPS) is 13.4. The molecule has 0 spiro atoms. The number of ketones is 2. The summed E-state index contributed by atoms with van der Waals surface area (Å²) < 4.78 is 0. The minimum absolute atomic E-state index is 0. The van der Waals surface area contributed by atoms with Gasteiger partial charge in [-0.25, -0.2) is 0 Å². The van der Waals surface area contributed by atoms with E-state index >= 15 is 0 Å². The smallest absolute Gasteiger partial charge is 0.386 e. The van der Waals surface area contributed by atoms with Crippen LogP contribution in [0.25, 0.3) is 0 Å². The van der Waals surface area contributed by atoms with Gasteiger partial charge in [0.25, 0.3) is 0 Å². The maximum Gasteiger partial charge on any atom is 2.00 e. The van der Waals surface area contributed by atoms with E-state index in [0.717, 1.165) is 11.4 Å². The third kappa shape index (κ3) is 11.4. The van der Waals surface area contributed by atoms with Crippen molar-refractivity contribution in [3.05, 3.63) is 23.5 Å². The Morgan fingerprint density at radius 1 is 1.00 bits per heavy atom. The fourth-order valence-electron chi connectivity index (χ4n) is 1.46. The fourth-order valence-corrected chi connectivity index (χ4v) is 1.46. The van der Waals surface area contributed by atoms with Crippen molar-refractivity contribution in [3.8, 4) is 0 Å². The fraction of sp³-hybridized carbons (Fsp3) is 0.538. The van der Waals surface area contributed by atoms with Crippen LogP contribution in [0.1, 0.15) is 34.6 Å². The average Bonchev–Trinajstić information content (AvgIpc) is 2.12. The van der Waals surface area contributed by atoms with Crippen LogP contribution in [0, 0.1) is 0 Å². The molecule has 1 atom stereocenters. The van der Waals surface area contributed by atoms with Crippen molar-refractivity contribution in [1.29, 1.82) is 0 Å². The first-order valence-corrected chi connectivity index (χ1v) is 5.69. The SMILES string of the molecule is CC(=O)/C=C(\C)NCC(C)N/C(C)=C/C(C)=O.[Ni+2]. The summed E-state index contributed by atoms with van der Waals surface area (Å²) in [6, 6.07) is 0.181. The van der Waals surface area contributed by atoms with Crippen molar-refractivity contribution in [2.45, 2.75) is 40.7 Å². The molecule has 0 saturated heterocycles. The number of allylic oxidation sites excluding steroid dienone is 4. The van der Waals surface area contributed by atoms with Crippen LogP contribution in [0.3, 0.4) is 0 Å². The molecule has 4 nitrogen and oxygen atoms in total. The van der Waals surface area contributed by atoms with E-state index in [1.807, 2.05) is 20.8 Å². The second-order valence-corrected chi connectivity index (χ2v) is 4.30. The summed E-state index contributed by atoms with van der Waals surface area (Å²) >= 11 is 0. The van der Waals surface area contributed by atoms with Crippen LogP contribution in [0.5, 0.6) is 0 Å². The van der Waals surface area contributed by atoms with Crippen LogP contribution in [-0.4, -0.2) is 24.2 Å². The van der Waals surface area contributed by atoms with Crippen LogP contribution in [-0.2, 0) is 26.1 Å². The Morgan fingerprint density at radius 3 is 1.89 bits per heavy atom. The first-order chi connectivity index (χ1) is 7.81. The zero-order valence-electron chi connectivity index (χ0n) is 11.6. The molecular formula is C13H22N2NiO2+2. The maximum absolute atomic E-state index is 10.8. The van der Waals surface area contributed by atoms with Crippen molar-refractivity contribution >= 4 is 11.6 Å². The number of hydrogen-bond donors (Lipinski definition) is 2. The maximum atomic E-state index is 10.8. The molecule has 1 unspecified atom stereocenters. The standard InChI is InChI=1S/C13H22N2O2.Ni/c1-9(6-12(4)16)14-8-11(3)15-10(2)7-13(5)17;/h6-7,11,14-15H,8H2,1-5H3;/q;+2/b9-6+,10-7+;. The third-order valence-electron chi connectivity index (χ3n) is 2.00. The van der Waals surface area contributed by atoms with Gasteiger partial charge in [-0.05, 0) is 46.8 Å².